The van der Waals surface area contributed by atoms with Gasteiger partial charge in [-0.05, 0) is 36.3 Å². The molecule has 96 valence electrons. The number of rotatable bonds is 5. The van der Waals surface area contributed by atoms with Crippen LogP contribution in [0.5, 0.6) is 5.75 Å². The zero-order chi connectivity index (χ0) is 13.0. The highest BCUT2D eigenvalue weighted by atomic mass is 32.1. The summed E-state index contributed by atoms with van der Waals surface area (Å²) >= 11 is 5.10. The van der Waals surface area contributed by atoms with Gasteiger partial charge in [0.2, 0.25) is 5.95 Å². The van der Waals surface area contributed by atoms with E-state index >= 15 is 0 Å². The van der Waals surface area contributed by atoms with E-state index in [1.54, 1.807) is 4.57 Å². The van der Waals surface area contributed by atoms with Gasteiger partial charge >= 0.3 is 0 Å². The molecular weight excluding hydrogens is 248 g/mol. The lowest BCUT2D eigenvalue weighted by molar-refractivity contribution is 0.317. The van der Waals surface area contributed by atoms with Crippen LogP contribution >= 0.6 is 12.2 Å². The van der Waals surface area contributed by atoms with Crippen molar-refractivity contribution in [2.75, 3.05) is 12.3 Å². The minimum Gasteiger partial charge on any atom is -0.494 e. The SMILES string of the molecule is CCCOc1ccc(Cn2c(N)n[nH]c2=S)cc1. The summed E-state index contributed by atoms with van der Waals surface area (Å²) in [5, 5.41) is 6.53. The van der Waals surface area contributed by atoms with Crippen LogP contribution in [0, 0.1) is 4.77 Å². The van der Waals surface area contributed by atoms with E-state index in [1.165, 1.54) is 0 Å². The maximum atomic E-state index is 5.71. The van der Waals surface area contributed by atoms with Gasteiger partial charge in [0.15, 0.2) is 4.77 Å². The molecular formula is C12H16N4OS. The van der Waals surface area contributed by atoms with E-state index in [0.717, 1.165) is 24.3 Å². The number of hydrogen-bond acceptors (Lipinski definition) is 4. The summed E-state index contributed by atoms with van der Waals surface area (Å²) in [6.07, 6.45) is 1.00. The number of H-pyrrole nitrogens is 1. The maximum Gasteiger partial charge on any atom is 0.220 e. The Bertz CT molecular complexity index is 558. The van der Waals surface area contributed by atoms with Crippen LogP contribution in [0.15, 0.2) is 24.3 Å². The van der Waals surface area contributed by atoms with E-state index < -0.39 is 0 Å². The lowest BCUT2D eigenvalue weighted by atomic mass is 10.2. The molecule has 0 aliphatic carbocycles. The number of nitrogens with zero attached hydrogens (tertiary/aromatic N) is 2. The zero-order valence-electron chi connectivity index (χ0n) is 10.2. The van der Waals surface area contributed by atoms with E-state index in [2.05, 4.69) is 17.1 Å². The van der Waals surface area contributed by atoms with Crippen LogP contribution in [0.25, 0.3) is 0 Å². The highest BCUT2D eigenvalue weighted by Crippen LogP contribution is 2.14. The number of aromatic amines is 1. The minimum absolute atomic E-state index is 0.395. The monoisotopic (exact) mass is 264 g/mol. The first-order valence-electron chi connectivity index (χ1n) is 5.83. The summed E-state index contributed by atoms with van der Waals surface area (Å²) in [6.45, 7) is 3.42. The molecule has 1 aromatic heterocycles. The Balaban J connectivity index is 2.09. The van der Waals surface area contributed by atoms with Crippen molar-refractivity contribution in [3.05, 3.63) is 34.6 Å². The van der Waals surface area contributed by atoms with Crippen molar-refractivity contribution in [2.45, 2.75) is 19.9 Å². The van der Waals surface area contributed by atoms with Gasteiger partial charge in [0.1, 0.15) is 5.75 Å². The number of hydrogen-bond donors (Lipinski definition) is 2. The molecule has 0 saturated heterocycles. The maximum absolute atomic E-state index is 5.71. The smallest absolute Gasteiger partial charge is 0.220 e. The highest BCUT2D eigenvalue weighted by Gasteiger charge is 2.03. The molecule has 3 N–H and O–H groups in total. The van der Waals surface area contributed by atoms with Crippen LogP contribution < -0.4 is 10.5 Å². The standard InChI is InChI=1S/C12H16N4OS/c1-2-7-17-10-5-3-9(4-6-10)8-16-11(13)14-15-12(16)18/h3-6H,2,7-8H2,1H3,(H2,13,14)(H,15,18). The number of nitrogen functional groups attached to an aromatic ring is 1. The Labute approximate surface area is 111 Å². The third kappa shape index (κ3) is 2.89. The molecule has 5 nitrogen and oxygen atoms in total. The van der Waals surface area contributed by atoms with Gasteiger partial charge in [0.05, 0.1) is 13.2 Å². The normalized spacial score (nSPS) is 10.5. The summed E-state index contributed by atoms with van der Waals surface area (Å²) in [6, 6.07) is 7.90. The first-order valence-corrected chi connectivity index (χ1v) is 6.24. The van der Waals surface area contributed by atoms with Crippen molar-refractivity contribution >= 4 is 18.2 Å². The summed E-state index contributed by atoms with van der Waals surface area (Å²) in [5.74, 6) is 1.27. The third-order valence-electron chi connectivity index (χ3n) is 2.52. The van der Waals surface area contributed by atoms with Crippen LogP contribution in [0.2, 0.25) is 0 Å². The molecule has 0 amide bonds. The van der Waals surface area contributed by atoms with Crippen molar-refractivity contribution in [1.82, 2.24) is 14.8 Å². The molecule has 0 atom stereocenters. The van der Waals surface area contributed by atoms with E-state index in [4.69, 9.17) is 22.7 Å². The van der Waals surface area contributed by atoms with Gasteiger partial charge in [-0.1, -0.05) is 19.1 Å². The Morgan fingerprint density at radius 2 is 2.11 bits per heavy atom. The zero-order valence-corrected chi connectivity index (χ0v) is 11.0. The number of anilines is 1. The lowest BCUT2D eigenvalue weighted by Crippen LogP contribution is -2.04. The summed E-state index contributed by atoms with van der Waals surface area (Å²) in [7, 11) is 0. The largest absolute Gasteiger partial charge is 0.494 e. The molecule has 2 rings (SSSR count). The molecule has 0 bridgehead atoms. The van der Waals surface area contributed by atoms with Crippen LogP contribution in [-0.4, -0.2) is 21.4 Å². The molecule has 0 aliphatic heterocycles. The molecule has 0 fully saturated rings. The van der Waals surface area contributed by atoms with Crippen molar-refractivity contribution in [1.29, 1.82) is 0 Å². The molecule has 0 unspecified atom stereocenters. The second-order valence-corrected chi connectivity index (χ2v) is 4.35. The molecule has 0 aliphatic rings. The van der Waals surface area contributed by atoms with E-state index in [0.29, 0.717) is 17.3 Å². The predicted molar refractivity (Wildman–Crippen MR) is 73.2 cm³/mol. The number of benzene rings is 1. The fourth-order valence-electron chi connectivity index (χ4n) is 1.58. The number of aromatic nitrogens is 3. The lowest BCUT2D eigenvalue weighted by Gasteiger charge is -2.07. The van der Waals surface area contributed by atoms with E-state index in [9.17, 15) is 0 Å². The molecule has 2 aromatic rings. The van der Waals surface area contributed by atoms with Crippen LogP contribution in [0.4, 0.5) is 5.95 Å². The topological polar surface area (TPSA) is 68.9 Å². The molecule has 0 radical (unpaired) electrons. The van der Waals surface area contributed by atoms with Crippen molar-refractivity contribution in [3.63, 3.8) is 0 Å². The van der Waals surface area contributed by atoms with Crippen LogP contribution in [0.1, 0.15) is 18.9 Å². The van der Waals surface area contributed by atoms with Gasteiger partial charge in [-0.3, -0.25) is 4.57 Å². The van der Waals surface area contributed by atoms with Gasteiger partial charge in [-0.25, -0.2) is 5.10 Å². The van der Waals surface area contributed by atoms with Crippen LogP contribution in [0.3, 0.4) is 0 Å². The Morgan fingerprint density at radius 3 is 2.67 bits per heavy atom. The van der Waals surface area contributed by atoms with Gasteiger partial charge in [0, 0.05) is 0 Å². The van der Waals surface area contributed by atoms with Crippen molar-refractivity contribution in [2.24, 2.45) is 0 Å². The molecule has 1 heterocycles. The van der Waals surface area contributed by atoms with Gasteiger partial charge in [-0.2, -0.15) is 0 Å². The molecule has 0 saturated carbocycles. The molecule has 1 aromatic carbocycles. The third-order valence-corrected chi connectivity index (χ3v) is 2.84. The second-order valence-electron chi connectivity index (χ2n) is 3.97. The second kappa shape index (κ2) is 5.68. The number of nitrogens with one attached hydrogen (secondary N) is 1. The number of nitrogens with two attached hydrogens (primary N) is 1. The van der Waals surface area contributed by atoms with Gasteiger partial charge in [0.25, 0.3) is 0 Å². The predicted octanol–water partition coefficient (Wildman–Crippen LogP) is 2.36. The Kier molecular flexibility index (Phi) is 3.99. The number of ether oxygens (including phenoxy) is 1. The van der Waals surface area contributed by atoms with Crippen molar-refractivity contribution < 1.29 is 4.74 Å². The summed E-state index contributed by atoms with van der Waals surface area (Å²) < 4.78 is 7.80. The van der Waals surface area contributed by atoms with E-state index in [1.807, 2.05) is 24.3 Å². The van der Waals surface area contributed by atoms with Gasteiger partial charge < -0.3 is 10.5 Å². The fourth-order valence-corrected chi connectivity index (χ4v) is 1.78. The Hall–Kier alpha value is -1.82. The first-order chi connectivity index (χ1) is 8.70. The average molecular weight is 264 g/mol. The van der Waals surface area contributed by atoms with Gasteiger partial charge in [-0.15, -0.1) is 5.10 Å². The van der Waals surface area contributed by atoms with E-state index in [-0.39, 0.29) is 0 Å². The molecule has 6 heteroatoms. The first kappa shape index (κ1) is 12.6. The summed E-state index contributed by atoms with van der Waals surface area (Å²) in [4.78, 5) is 0. The van der Waals surface area contributed by atoms with Crippen LogP contribution in [-0.2, 0) is 6.54 Å². The Morgan fingerprint density at radius 1 is 1.39 bits per heavy atom. The summed E-state index contributed by atoms with van der Waals surface area (Å²) in [5.41, 5.74) is 6.81. The molecule has 0 spiro atoms. The average Bonchev–Trinajstić information content (AvgIpc) is 2.70. The van der Waals surface area contributed by atoms with Crippen molar-refractivity contribution in [3.8, 4) is 5.75 Å². The highest BCUT2D eigenvalue weighted by molar-refractivity contribution is 7.71. The molecule has 18 heavy (non-hydrogen) atoms. The minimum atomic E-state index is 0.395. The quantitative estimate of drug-likeness (QED) is 0.813. The fraction of sp³-hybridized carbons (Fsp3) is 0.333.